The number of benzene rings is 3. The molecule has 0 aliphatic rings. The molecule has 210 valence electrons. The number of rotatable bonds is 10. The van der Waals surface area contributed by atoms with Crippen molar-refractivity contribution in [3.05, 3.63) is 94.9 Å². The molecule has 0 bridgehead atoms. The molecule has 4 aromatic rings. The molecule has 0 saturated carbocycles. The van der Waals surface area contributed by atoms with Crippen molar-refractivity contribution in [2.24, 2.45) is 0 Å². The largest absolute Gasteiger partial charge is 0.462 e. The van der Waals surface area contributed by atoms with Crippen molar-refractivity contribution in [1.82, 2.24) is 0 Å². The number of esters is 1. The van der Waals surface area contributed by atoms with E-state index in [1.807, 2.05) is 60.8 Å². The predicted octanol–water partition coefficient (Wildman–Crippen LogP) is 7.64. The highest BCUT2D eigenvalue weighted by atomic mass is 32.2. The lowest BCUT2D eigenvalue weighted by Gasteiger charge is -2.12. The van der Waals surface area contributed by atoms with Crippen molar-refractivity contribution in [3.63, 3.8) is 0 Å². The molecular weight excluding hydrogens is 575 g/mol. The molecule has 0 saturated heterocycles. The molecule has 0 aliphatic heterocycles. The van der Waals surface area contributed by atoms with Crippen LogP contribution >= 0.6 is 35.3 Å². The summed E-state index contributed by atoms with van der Waals surface area (Å²) in [7, 11) is 0. The minimum absolute atomic E-state index is 0.00192. The van der Waals surface area contributed by atoms with Crippen molar-refractivity contribution >= 4 is 74.5 Å². The third-order valence-electron chi connectivity index (χ3n) is 5.90. The fraction of sp³-hybridized carbons (Fsp3) is 0.161. The van der Waals surface area contributed by atoms with Crippen molar-refractivity contribution in [3.8, 4) is 11.1 Å². The average Bonchev–Trinajstić information content (AvgIpc) is 3.36. The van der Waals surface area contributed by atoms with Crippen molar-refractivity contribution in [2.75, 3.05) is 28.3 Å². The third-order valence-corrected chi connectivity index (χ3v) is 7.99. The van der Waals surface area contributed by atoms with E-state index in [4.69, 9.17) is 17.0 Å². The van der Waals surface area contributed by atoms with E-state index in [0.717, 1.165) is 33.0 Å². The lowest BCUT2D eigenvalue weighted by Crippen LogP contribution is -2.19. The van der Waals surface area contributed by atoms with Crippen LogP contribution in [0.25, 0.3) is 11.1 Å². The molecule has 3 N–H and O–H groups in total. The summed E-state index contributed by atoms with van der Waals surface area (Å²) in [5.74, 6) is -0.552. The zero-order chi connectivity index (χ0) is 29.4. The van der Waals surface area contributed by atoms with Gasteiger partial charge in [-0.25, -0.2) is 4.79 Å². The fourth-order valence-corrected chi connectivity index (χ4v) is 5.82. The number of hydrogen-bond donors (Lipinski definition) is 3. The van der Waals surface area contributed by atoms with Crippen LogP contribution in [0, 0.1) is 6.92 Å². The van der Waals surface area contributed by atoms with Crippen molar-refractivity contribution in [1.29, 1.82) is 0 Å². The fourth-order valence-electron chi connectivity index (χ4n) is 3.86. The second kappa shape index (κ2) is 14.1. The molecule has 0 fully saturated rings. The molecule has 0 spiro atoms. The Labute approximate surface area is 252 Å². The van der Waals surface area contributed by atoms with E-state index >= 15 is 0 Å². The summed E-state index contributed by atoms with van der Waals surface area (Å²) in [4.78, 5) is 38.1. The maximum absolute atomic E-state index is 12.9. The molecule has 41 heavy (non-hydrogen) atoms. The average molecular weight is 604 g/mol. The molecule has 10 heteroatoms. The Morgan fingerprint density at radius 3 is 2.32 bits per heavy atom. The number of thioether (sulfide) groups is 1. The van der Waals surface area contributed by atoms with E-state index in [-0.39, 0.29) is 24.1 Å². The second-order valence-electron chi connectivity index (χ2n) is 9.02. The predicted molar refractivity (Wildman–Crippen MR) is 173 cm³/mol. The molecule has 0 aliphatic carbocycles. The monoisotopic (exact) mass is 603 g/mol. The van der Waals surface area contributed by atoms with Crippen LogP contribution in [-0.2, 0) is 9.53 Å². The van der Waals surface area contributed by atoms with Gasteiger partial charge >= 0.3 is 5.97 Å². The zero-order valence-corrected chi connectivity index (χ0v) is 25.2. The van der Waals surface area contributed by atoms with Gasteiger partial charge in [-0.15, -0.1) is 23.1 Å². The molecule has 1 amide bonds. The molecule has 1 heterocycles. The SMILES string of the molecule is CCOC(=O)c1c(-c2ccc(C)cc2)csc1NC(=O)CSc1cccc(NC(=S)Nc2ccc(C(C)=O)cc2)c1. The molecule has 4 rings (SSSR count). The molecule has 0 radical (unpaired) electrons. The maximum atomic E-state index is 12.9. The van der Waals surface area contributed by atoms with E-state index in [1.165, 1.54) is 30.0 Å². The van der Waals surface area contributed by atoms with Gasteiger partial charge in [-0.1, -0.05) is 35.9 Å². The molecule has 0 unspecified atom stereocenters. The van der Waals surface area contributed by atoms with Crippen LogP contribution in [0.4, 0.5) is 16.4 Å². The number of thiocarbonyl (C=S) groups is 1. The van der Waals surface area contributed by atoms with Gasteiger partial charge in [-0.2, -0.15) is 0 Å². The summed E-state index contributed by atoms with van der Waals surface area (Å²) in [6.07, 6.45) is 0. The van der Waals surface area contributed by atoms with Gasteiger partial charge in [0.25, 0.3) is 0 Å². The molecule has 1 aromatic heterocycles. The number of anilines is 3. The van der Waals surface area contributed by atoms with Gasteiger partial charge < -0.3 is 20.7 Å². The van der Waals surface area contributed by atoms with E-state index in [1.54, 1.807) is 31.2 Å². The Morgan fingerprint density at radius 2 is 1.63 bits per heavy atom. The van der Waals surface area contributed by atoms with Crippen molar-refractivity contribution in [2.45, 2.75) is 25.7 Å². The van der Waals surface area contributed by atoms with Gasteiger partial charge in [0.2, 0.25) is 5.91 Å². The van der Waals surface area contributed by atoms with Crippen LogP contribution in [-0.4, -0.2) is 35.1 Å². The number of Topliss-reactive ketones (excluding diaryl/α,β-unsaturated/α-hetero) is 1. The summed E-state index contributed by atoms with van der Waals surface area (Å²) in [6.45, 7) is 5.51. The topological polar surface area (TPSA) is 96.5 Å². The van der Waals surface area contributed by atoms with Gasteiger partial charge in [0.1, 0.15) is 10.6 Å². The van der Waals surface area contributed by atoms with E-state index in [9.17, 15) is 14.4 Å². The van der Waals surface area contributed by atoms with Gasteiger partial charge in [-0.3, -0.25) is 9.59 Å². The van der Waals surface area contributed by atoms with Gasteiger partial charge in [0.15, 0.2) is 10.9 Å². The highest BCUT2D eigenvalue weighted by Gasteiger charge is 2.23. The van der Waals surface area contributed by atoms with Gasteiger partial charge in [0, 0.05) is 32.8 Å². The Kier molecular flexibility index (Phi) is 10.3. The Hall–Kier alpha value is -3.99. The third kappa shape index (κ3) is 8.26. The number of carbonyl (C=O) groups is 3. The van der Waals surface area contributed by atoms with Crippen LogP contribution in [0.5, 0.6) is 0 Å². The summed E-state index contributed by atoms with van der Waals surface area (Å²) in [5, 5.41) is 11.9. The number of aryl methyl sites for hydroxylation is 1. The number of ether oxygens (including phenoxy) is 1. The first kappa shape index (κ1) is 30.0. The molecular formula is C31H29N3O4S3. The van der Waals surface area contributed by atoms with E-state index in [0.29, 0.717) is 21.2 Å². The maximum Gasteiger partial charge on any atom is 0.341 e. The number of ketones is 1. The molecule has 7 nitrogen and oxygen atoms in total. The van der Waals surface area contributed by atoms with Crippen LogP contribution in [0.1, 0.15) is 40.1 Å². The Balaban J connectivity index is 1.37. The standard InChI is InChI=1S/C31H29N3O4S3/c1-4-38-30(37)28-26(22-10-8-19(2)9-11-22)17-41-29(28)34-27(36)18-40-25-7-5-6-24(16-25)33-31(39)32-23-14-12-21(13-15-23)20(3)35/h5-17H,4,18H2,1-3H3,(H,34,36)(H2,32,33,39). The molecule has 3 aromatic carbocycles. The van der Waals surface area contributed by atoms with Crippen LogP contribution in [0.2, 0.25) is 0 Å². The van der Waals surface area contributed by atoms with Crippen LogP contribution in [0.15, 0.2) is 83.1 Å². The number of amides is 1. The van der Waals surface area contributed by atoms with Crippen molar-refractivity contribution < 1.29 is 19.1 Å². The lowest BCUT2D eigenvalue weighted by molar-refractivity contribution is -0.113. The zero-order valence-electron chi connectivity index (χ0n) is 22.8. The lowest BCUT2D eigenvalue weighted by atomic mass is 10.0. The smallest absolute Gasteiger partial charge is 0.341 e. The summed E-state index contributed by atoms with van der Waals surface area (Å²) in [5.41, 5.74) is 5.25. The highest BCUT2D eigenvalue weighted by Crippen LogP contribution is 2.36. The minimum Gasteiger partial charge on any atom is -0.462 e. The Morgan fingerprint density at radius 1 is 0.927 bits per heavy atom. The van der Waals surface area contributed by atoms with E-state index < -0.39 is 5.97 Å². The number of hydrogen-bond acceptors (Lipinski definition) is 7. The van der Waals surface area contributed by atoms with Gasteiger partial charge in [-0.05, 0) is 81.0 Å². The second-order valence-corrected chi connectivity index (χ2v) is 11.4. The highest BCUT2D eigenvalue weighted by molar-refractivity contribution is 8.00. The summed E-state index contributed by atoms with van der Waals surface area (Å²) >= 11 is 8.09. The number of carbonyl (C=O) groups excluding carboxylic acids is 3. The summed E-state index contributed by atoms with van der Waals surface area (Å²) < 4.78 is 5.30. The Bertz CT molecular complexity index is 1560. The summed E-state index contributed by atoms with van der Waals surface area (Å²) in [6, 6.07) is 22.5. The van der Waals surface area contributed by atoms with Crippen LogP contribution < -0.4 is 16.0 Å². The molecule has 0 atom stereocenters. The number of nitrogens with one attached hydrogen (secondary N) is 3. The number of thiophene rings is 1. The quantitative estimate of drug-likeness (QED) is 0.0737. The first-order chi connectivity index (χ1) is 19.7. The van der Waals surface area contributed by atoms with E-state index in [2.05, 4.69) is 16.0 Å². The van der Waals surface area contributed by atoms with Crippen LogP contribution in [0.3, 0.4) is 0 Å². The van der Waals surface area contributed by atoms with Gasteiger partial charge in [0.05, 0.1) is 12.4 Å². The normalized spacial score (nSPS) is 10.5. The first-order valence-corrected chi connectivity index (χ1v) is 15.1. The minimum atomic E-state index is -0.467. The first-order valence-electron chi connectivity index (χ1n) is 12.8.